The number of carbonyl (C=O) groups is 3. The van der Waals surface area contributed by atoms with Crippen LogP contribution in [0, 0.1) is 56.7 Å². The highest BCUT2D eigenvalue weighted by Gasteiger charge is 2.72. The molecule has 0 saturated heterocycles. The van der Waals surface area contributed by atoms with Gasteiger partial charge in [0.1, 0.15) is 0 Å². The molecule has 42 heavy (non-hydrogen) atoms. The molecule has 0 aliphatic heterocycles. The van der Waals surface area contributed by atoms with Gasteiger partial charge in [-0.1, -0.05) is 58.9 Å². The largest absolute Gasteiger partial charge is 0.481 e. The van der Waals surface area contributed by atoms with Gasteiger partial charge in [0.2, 0.25) is 0 Å². The Labute approximate surface area is 250 Å². The van der Waals surface area contributed by atoms with Crippen LogP contribution in [0.25, 0.3) is 5.57 Å². The van der Waals surface area contributed by atoms with Crippen molar-refractivity contribution in [2.45, 2.75) is 92.9 Å². The van der Waals surface area contributed by atoms with Gasteiger partial charge in [-0.15, -0.1) is 0 Å². The highest BCUT2D eigenvalue weighted by atomic mass is 16.4. The van der Waals surface area contributed by atoms with Crippen molar-refractivity contribution >= 4 is 23.3 Å². The predicted octanol–water partition coefficient (Wildman–Crippen LogP) is 8.30. The maximum atomic E-state index is 14.5. The van der Waals surface area contributed by atoms with Gasteiger partial charge in [0.15, 0.2) is 5.78 Å². The van der Waals surface area contributed by atoms with Crippen molar-refractivity contribution in [3.63, 3.8) is 0 Å². The number of aliphatic carboxylic acids is 1. The summed E-state index contributed by atoms with van der Waals surface area (Å²) in [5.74, 6) is -0.263. The lowest BCUT2D eigenvalue weighted by Crippen LogP contribution is -2.67. The van der Waals surface area contributed by atoms with E-state index in [0.717, 1.165) is 68.1 Å². The molecule has 4 saturated carbocycles. The molecule has 6 rings (SSSR count). The Morgan fingerprint density at radius 3 is 2.10 bits per heavy atom. The van der Waals surface area contributed by atoms with Crippen molar-refractivity contribution < 1.29 is 24.6 Å². The van der Waals surface area contributed by atoms with Crippen LogP contribution >= 0.6 is 0 Å². The lowest BCUT2D eigenvalue weighted by atomic mass is 9.32. The van der Waals surface area contributed by atoms with Crippen molar-refractivity contribution in [1.29, 1.82) is 0 Å². The lowest BCUT2D eigenvalue weighted by Gasteiger charge is -2.71. The first kappa shape index (κ1) is 29.4. The van der Waals surface area contributed by atoms with Crippen LogP contribution in [-0.4, -0.2) is 27.9 Å². The normalized spacial score (nSPS) is 43.7. The number of ketones is 1. The van der Waals surface area contributed by atoms with Crippen LogP contribution < -0.4 is 0 Å². The number of hydrogen-bond donors (Lipinski definition) is 2. The molecule has 0 unspecified atom stereocenters. The van der Waals surface area contributed by atoms with E-state index in [1.54, 1.807) is 12.1 Å². The molecule has 2 N–H and O–H groups in total. The number of aromatic carboxylic acids is 1. The predicted molar refractivity (Wildman–Crippen MR) is 164 cm³/mol. The van der Waals surface area contributed by atoms with Crippen molar-refractivity contribution in [3.8, 4) is 0 Å². The number of hydrogen-bond acceptors (Lipinski definition) is 3. The molecule has 0 amide bonds. The van der Waals surface area contributed by atoms with E-state index < -0.39 is 22.8 Å². The molecule has 0 bridgehead atoms. The molecule has 226 valence electrons. The van der Waals surface area contributed by atoms with Crippen molar-refractivity contribution in [3.05, 3.63) is 53.6 Å². The molecule has 5 heteroatoms. The summed E-state index contributed by atoms with van der Waals surface area (Å²) in [7, 11) is 0. The molecule has 1 aromatic rings. The second-order valence-corrected chi connectivity index (χ2v) is 16.0. The van der Waals surface area contributed by atoms with E-state index >= 15 is 0 Å². The molecule has 1 aromatic carbocycles. The Bertz CT molecular complexity index is 1400. The second-order valence-electron chi connectivity index (χ2n) is 16.0. The molecule has 4 fully saturated rings. The third-order valence-electron chi connectivity index (χ3n) is 14.4. The van der Waals surface area contributed by atoms with Gasteiger partial charge in [-0.3, -0.25) is 9.59 Å². The summed E-state index contributed by atoms with van der Waals surface area (Å²) < 4.78 is 0. The van der Waals surface area contributed by atoms with E-state index in [4.69, 9.17) is 0 Å². The van der Waals surface area contributed by atoms with Gasteiger partial charge in [-0.25, -0.2) is 4.79 Å². The molecule has 0 radical (unpaired) electrons. The van der Waals surface area contributed by atoms with Gasteiger partial charge in [-0.05, 0) is 133 Å². The molecule has 5 aliphatic carbocycles. The lowest BCUT2D eigenvalue weighted by molar-refractivity contribution is -0.224. The van der Waals surface area contributed by atoms with Gasteiger partial charge in [0.25, 0.3) is 0 Å². The van der Waals surface area contributed by atoms with Crippen LogP contribution in [0.4, 0.5) is 0 Å². The smallest absolute Gasteiger partial charge is 0.335 e. The highest BCUT2D eigenvalue weighted by molar-refractivity contribution is 6.04. The Hall–Kier alpha value is -2.69. The summed E-state index contributed by atoms with van der Waals surface area (Å²) in [6, 6.07) is 6.97. The Kier molecular flexibility index (Phi) is 6.41. The summed E-state index contributed by atoms with van der Waals surface area (Å²) in [6.07, 6.45) is 9.12. The first-order valence-corrected chi connectivity index (χ1v) is 16.0. The quantitative estimate of drug-likeness (QED) is 0.354. The first-order valence-electron chi connectivity index (χ1n) is 16.0. The number of carboxylic acid groups (broad SMARTS) is 2. The van der Waals surface area contributed by atoms with E-state index in [2.05, 4.69) is 48.1 Å². The van der Waals surface area contributed by atoms with Crippen LogP contribution in [0.15, 0.2) is 42.5 Å². The summed E-state index contributed by atoms with van der Waals surface area (Å²) in [4.78, 5) is 38.8. The van der Waals surface area contributed by atoms with Gasteiger partial charge in [0, 0.05) is 5.41 Å². The van der Waals surface area contributed by atoms with Crippen LogP contribution in [0.5, 0.6) is 0 Å². The van der Waals surface area contributed by atoms with E-state index in [0.29, 0.717) is 5.92 Å². The number of fused-ring (bicyclic) bond motifs is 7. The van der Waals surface area contributed by atoms with Gasteiger partial charge >= 0.3 is 11.9 Å². The van der Waals surface area contributed by atoms with Gasteiger partial charge < -0.3 is 10.2 Å². The second kappa shape index (κ2) is 9.16. The molecule has 0 spiro atoms. The summed E-state index contributed by atoms with van der Waals surface area (Å²) >= 11 is 0. The maximum Gasteiger partial charge on any atom is 0.335 e. The fourth-order valence-electron chi connectivity index (χ4n) is 12.1. The van der Waals surface area contributed by atoms with E-state index in [1.807, 2.05) is 18.2 Å². The minimum atomic E-state index is -0.951. The van der Waals surface area contributed by atoms with E-state index in [9.17, 15) is 24.6 Å². The molecule has 0 heterocycles. The first-order chi connectivity index (χ1) is 19.6. The summed E-state index contributed by atoms with van der Waals surface area (Å²) in [5.41, 5.74) is 1.82. The van der Waals surface area contributed by atoms with Crippen molar-refractivity contribution in [1.82, 2.24) is 0 Å². The molecule has 9 atom stereocenters. The van der Waals surface area contributed by atoms with Gasteiger partial charge in [-0.2, -0.15) is 0 Å². The zero-order valence-electron chi connectivity index (χ0n) is 26.3. The third kappa shape index (κ3) is 3.51. The fourth-order valence-corrected chi connectivity index (χ4v) is 12.1. The summed E-state index contributed by atoms with van der Waals surface area (Å²) in [5, 5.41) is 20.0. The molecule has 5 aliphatic rings. The number of carboxylic acids is 2. The maximum absolute atomic E-state index is 14.5. The Morgan fingerprint density at radius 1 is 0.833 bits per heavy atom. The molecular formula is C37H48O5. The molecular weight excluding hydrogens is 524 g/mol. The van der Waals surface area contributed by atoms with Crippen molar-refractivity contribution in [2.75, 3.05) is 0 Å². The average Bonchev–Trinajstić information content (AvgIpc) is 3.33. The molecule has 0 aromatic heterocycles. The number of rotatable bonds is 4. The van der Waals surface area contributed by atoms with Gasteiger partial charge in [0.05, 0.1) is 11.0 Å². The summed E-state index contributed by atoms with van der Waals surface area (Å²) in [6.45, 7) is 18.1. The zero-order valence-corrected chi connectivity index (χ0v) is 26.3. The van der Waals surface area contributed by atoms with E-state index in [1.165, 1.54) is 0 Å². The van der Waals surface area contributed by atoms with Crippen LogP contribution in [0.3, 0.4) is 0 Å². The number of carbonyl (C=O) groups excluding carboxylic acids is 1. The fraction of sp³-hybridized carbons (Fsp3) is 0.649. The minimum Gasteiger partial charge on any atom is -0.481 e. The zero-order chi connectivity index (χ0) is 30.6. The van der Waals surface area contributed by atoms with Crippen LogP contribution in [-0.2, 0) is 9.59 Å². The van der Waals surface area contributed by atoms with E-state index in [-0.39, 0.29) is 51.3 Å². The topological polar surface area (TPSA) is 91.7 Å². The van der Waals surface area contributed by atoms with Crippen molar-refractivity contribution in [2.24, 2.45) is 56.7 Å². The third-order valence-corrected chi connectivity index (χ3v) is 14.4. The molecule has 5 nitrogen and oxygen atoms in total. The number of benzene rings is 1. The minimum absolute atomic E-state index is 0.0351. The standard InChI is InChI=1S/C37H48O5/c1-21(2)24-14-17-37(32(41)42)19-18-34(5)25(30(24)37)12-13-28-35(34,6)16-15-27-33(3,4)26(20-29(38)36(27,28)7)22-8-10-23(11-9-22)31(39)40/h8-11,20,24-25,27-28,30H,1,12-19H2,2-7H3,(H,39,40)(H,41,42)/t24-,25+,27-,28-,30+,34+,35+,36-,37-/m0/s1. The monoisotopic (exact) mass is 572 g/mol. The highest BCUT2D eigenvalue weighted by Crippen LogP contribution is 2.77. The SMILES string of the molecule is C=C(C)[C@@H]1CC[C@]2(C(=O)O)CC[C@]3(C)[C@H](CC[C@@H]4[C@@]5(C)C(=O)C=C(c6ccc(C(=O)O)cc6)C(C)(C)[C@@H]5CC[C@]43C)[C@@H]12. The number of allylic oxidation sites excluding steroid dienone is 3. The Balaban J connectivity index is 1.41. The van der Waals surface area contributed by atoms with Crippen LogP contribution in [0.2, 0.25) is 0 Å². The Morgan fingerprint density at radius 2 is 1.50 bits per heavy atom. The van der Waals surface area contributed by atoms with Crippen LogP contribution in [0.1, 0.15) is 109 Å². The average molecular weight is 573 g/mol.